The Bertz CT molecular complexity index is 771. The van der Waals surface area contributed by atoms with Crippen molar-refractivity contribution in [1.82, 2.24) is 9.97 Å². The van der Waals surface area contributed by atoms with E-state index in [1.165, 1.54) is 6.20 Å². The van der Waals surface area contributed by atoms with Crippen LogP contribution in [0.25, 0.3) is 0 Å². The molecule has 0 unspecified atom stereocenters. The maximum atomic E-state index is 12.5. The summed E-state index contributed by atoms with van der Waals surface area (Å²) < 4.78 is 27.7. The highest BCUT2D eigenvalue weighted by atomic mass is 32.2. The summed E-state index contributed by atoms with van der Waals surface area (Å²) in [6.45, 7) is 3.68. The number of pyridine rings is 2. The molecule has 1 fully saturated rings. The van der Waals surface area contributed by atoms with Crippen LogP contribution in [0.2, 0.25) is 0 Å². The third kappa shape index (κ3) is 3.04. The van der Waals surface area contributed by atoms with Gasteiger partial charge >= 0.3 is 0 Å². The number of aryl methyl sites for hydroxylation is 1. The molecule has 0 aliphatic carbocycles. The minimum Gasteiger partial charge on any atom is -0.370 e. The Morgan fingerprint density at radius 2 is 1.91 bits per heavy atom. The van der Waals surface area contributed by atoms with E-state index in [0.717, 1.165) is 37.2 Å². The van der Waals surface area contributed by atoms with Crippen molar-refractivity contribution < 1.29 is 8.42 Å². The maximum absolute atomic E-state index is 12.5. The molecule has 0 aromatic carbocycles. The van der Waals surface area contributed by atoms with Crippen LogP contribution >= 0.6 is 0 Å². The lowest BCUT2D eigenvalue weighted by atomic mass is 10.3. The smallest absolute Gasteiger partial charge is 0.263 e. The largest absolute Gasteiger partial charge is 0.370 e. The lowest BCUT2D eigenvalue weighted by Gasteiger charge is -2.21. The molecule has 22 heavy (non-hydrogen) atoms. The summed E-state index contributed by atoms with van der Waals surface area (Å²) >= 11 is 0. The fourth-order valence-corrected chi connectivity index (χ4v) is 3.68. The average molecular weight is 318 g/mol. The van der Waals surface area contributed by atoms with Crippen LogP contribution in [0.15, 0.2) is 41.8 Å². The van der Waals surface area contributed by atoms with Gasteiger partial charge in [-0.05, 0) is 37.5 Å². The molecule has 0 amide bonds. The van der Waals surface area contributed by atoms with Crippen LogP contribution in [0.1, 0.15) is 18.4 Å². The molecule has 7 heteroatoms. The molecule has 2 aromatic rings. The van der Waals surface area contributed by atoms with Gasteiger partial charge in [0.25, 0.3) is 10.0 Å². The number of nitrogens with zero attached hydrogens (tertiary/aromatic N) is 3. The first-order valence-corrected chi connectivity index (χ1v) is 8.68. The van der Waals surface area contributed by atoms with Gasteiger partial charge in [0.2, 0.25) is 0 Å². The Kier molecular flexibility index (Phi) is 3.98. The van der Waals surface area contributed by atoms with E-state index >= 15 is 0 Å². The van der Waals surface area contributed by atoms with Crippen molar-refractivity contribution >= 4 is 21.4 Å². The van der Waals surface area contributed by atoms with Gasteiger partial charge in [-0.3, -0.25) is 14.7 Å². The molecule has 2 aromatic heterocycles. The summed E-state index contributed by atoms with van der Waals surface area (Å²) in [4.78, 5) is 10.3. The summed E-state index contributed by atoms with van der Waals surface area (Å²) in [7, 11) is -3.67. The molecule has 1 saturated heterocycles. The van der Waals surface area contributed by atoms with E-state index in [2.05, 4.69) is 19.6 Å². The number of anilines is 2. The van der Waals surface area contributed by atoms with Gasteiger partial charge in [-0.2, -0.15) is 0 Å². The molecule has 0 spiro atoms. The van der Waals surface area contributed by atoms with Gasteiger partial charge in [0.15, 0.2) is 0 Å². The molecule has 3 heterocycles. The van der Waals surface area contributed by atoms with Gasteiger partial charge in [0.1, 0.15) is 4.90 Å². The highest BCUT2D eigenvalue weighted by Gasteiger charge is 2.20. The van der Waals surface area contributed by atoms with Crippen molar-refractivity contribution in [2.75, 3.05) is 22.7 Å². The fraction of sp³-hybridized carbons (Fsp3) is 0.333. The quantitative estimate of drug-likeness (QED) is 0.935. The van der Waals surface area contributed by atoms with Crippen molar-refractivity contribution in [3.8, 4) is 0 Å². The topological polar surface area (TPSA) is 75.2 Å². The number of sulfonamides is 1. The van der Waals surface area contributed by atoms with E-state index < -0.39 is 10.0 Å². The van der Waals surface area contributed by atoms with Crippen LogP contribution in [0.4, 0.5) is 11.4 Å². The molecule has 1 N–H and O–H groups in total. The van der Waals surface area contributed by atoms with Gasteiger partial charge in [-0.15, -0.1) is 0 Å². The normalized spacial score (nSPS) is 15.0. The van der Waals surface area contributed by atoms with Crippen LogP contribution < -0.4 is 9.62 Å². The molecule has 3 rings (SSSR count). The average Bonchev–Trinajstić information content (AvgIpc) is 3.01. The van der Waals surface area contributed by atoms with Crippen molar-refractivity contribution in [2.24, 2.45) is 0 Å². The summed E-state index contributed by atoms with van der Waals surface area (Å²) in [6.07, 6.45) is 8.45. The molecule has 0 bridgehead atoms. The SMILES string of the molecule is Cc1cncc(S(=O)(=O)Nc2cnccc2N2CCCC2)c1. The first-order chi connectivity index (χ1) is 10.6. The highest BCUT2D eigenvalue weighted by molar-refractivity contribution is 7.92. The minimum absolute atomic E-state index is 0.156. The van der Waals surface area contributed by atoms with Crippen molar-refractivity contribution in [3.05, 3.63) is 42.5 Å². The Morgan fingerprint density at radius 3 is 2.64 bits per heavy atom. The van der Waals surface area contributed by atoms with Gasteiger partial charge in [0.05, 0.1) is 17.6 Å². The highest BCUT2D eigenvalue weighted by Crippen LogP contribution is 2.29. The second-order valence-corrected chi connectivity index (χ2v) is 7.07. The monoisotopic (exact) mass is 318 g/mol. The third-order valence-electron chi connectivity index (χ3n) is 3.65. The van der Waals surface area contributed by atoms with E-state index in [0.29, 0.717) is 5.69 Å². The Hall–Kier alpha value is -2.15. The number of hydrogen-bond donors (Lipinski definition) is 1. The van der Waals surface area contributed by atoms with Gasteiger partial charge in [-0.25, -0.2) is 8.42 Å². The van der Waals surface area contributed by atoms with Crippen LogP contribution in [0.5, 0.6) is 0 Å². The minimum atomic E-state index is -3.67. The fourth-order valence-electron chi connectivity index (χ4n) is 2.58. The van der Waals surface area contributed by atoms with Crippen LogP contribution in [-0.4, -0.2) is 31.5 Å². The van der Waals surface area contributed by atoms with Crippen molar-refractivity contribution in [3.63, 3.8) is 0 Å². The zero-order chi connectivity index (χ0) is 15.6. The second kappa shape index (κ2) is 5.92. The predicted octanol–water partition coefficient (Wildman–Crippen LogP) is 2.19. The van der Waals surface area contributed by atoms with E-state index in [-0.39, 0.29) is 4.90 Å². The number of aromatic nitrogens is 2. The molecule has 1 aliphatic rings. The Morgan fingerprint density at radius 1 is 1.14 bits per heavy atom. The zero-order valence-electron chi connectivity index (χ0n) is 12.4. The molecule has 0 radical (unpaired) electrons. The summed E-state index contributed by atoms with van der Waals surface area (Å²) in [5.41, 5.74) is 2.18. The number of hydrogen-bond acceptors (Lipinski definition) is 5. The van der Waals surface area contributed by atoms with E-state index in [1.807, 2.05) is 13.0 Å². The molecule has 0 atom stereocenters. The van der Waals surface area contributed by atoms with Crippen molar-refractivity contribution in [1.29, 1.82) is 0 Å². The first-order valence-electron chi connectivity index (χ1n) is 7.20. The first kappa shape index (κ1) is 14.8. The molecule has 1 aliphatic heterocycles. The van der Waals surface area contributed by atoms with Gasteiger partial charge in [-0.1, -0.05) is 0 Å². The lowest BCUT2D eigenvalue weighted by molar-refractivity contribution is 0.600. The van der Waals surface area contributed by atoms with E-state index in [4.69, 9.17) is 0 Å². The Labute approximate surface area is 130 Å². The second-order valence-electron chi connectivity index (χ2n) is 5.39. The maximum Gasteiger partial charge on any atom is 0.263 e. The standard InChI is InChI=1S/C15H18N4O2S/c1-12-8-13(10-17-9-12)22(20,21)18-14-11-16-5-4-15(14)19-6-2-3-7-19/h4-5,8-11,18H,2-3,6-7H2,1H3. The predicted molar refractivity (Wildman–Crippen MR) is 85.5 cm³/mol. The number of rotatable bonds is 4. The van der Waals surface area contributed by atoms with Gasteiger partial charge in [0, 0.05) is 31.7 Å². The van der Waals surface area contributed by atoms with E-state index in [1.54, 1.807) is 24.7 Å². The third-order valence-corrected chi connectivity index (χ3v) is 4.98. The molecular formula is C15H18N4O2S. The molecule has 116 valence electrons. The molecule has 6 nitrogen and oxygen atoms in total. The lowest BCUT2D eigenvalue weighted by Crippen LogP contribution is -2.21. The molecular weight excluding hydrogens is 300 g/mol. The van der Waals surface area contributed by atoms with Crippen LogP contribution in [-0.2, 0) is 10.0 Å². The van der Waals surface area contributed by atoms with Crippen LogP contribution in [0.3, 0.4) is 0 Å². The summed E-state index contributed by atoms with van der Waals surface area (Å²) in [6, 6.07) is 3.44. The Balaban J connectivity index is 1.92. The van der Waals surface area contributed by atoms with Crippen LogP contribution in [0, 0.1) is 6.92 Å². The zero-order valence-corrected chi connectivity index (χ0v) is 13.2. The van der Waals surface area contributed by atoms with Gasteiger partial charge < -0.3 is 4.90 Å². The van der Waals surface area contributed by atoms with Crippen molar-refractivity contribution in [2.45, 2.75) is 24.7 Å². The number of nitrogens with one attached hydrogen (secondary N) is 1. The summed E-state index contributed by atoms with van der Waals surface area (Å²) in [5, 5.41) is 0. The van der Waals surface area contributed by atoms with E-state index in [9.17, 15) is 8.42 Å². The molecule has 0 saturated carbocycles. The summed E-state index contributed by atoms with van der Waals surface area (Å²) in [5.74, 6) is 0.